The van der Waals surface area contributed by atoms with Crippen LogP contribution < -0.4 is 4.74 Å². The number of benzene rings is 2. The van der Waals surface area contributed by atoms with E-state index in [1.165, 1.54) is 0 Å². The number of ether oxygens (including phenoxy) is 2. The maximum absolute atomic E-state index is 13.2. The van der Waals surface area contributed by atoms with Gasteiger partial charge in [0.2, 0.25) is 0 Å². The van der Waals surface area contributed by atoms with Crippen molar-refractivity contribution in [1.82, 2.24) is 0 Å². The maximum Gasteiger partial charge on any atom is 0.173 e. The highest BCUT2D eigenvalue weighted by Crippen LogP contribution is 2.54. The molecular weight excluding hydrogens is 376 g/mol. The first kappa shape index (κ1) is 17.8. The molecule has 0 amide bonds. The molecule has 1 N–H and O–H groups in total. The van der Waals surface area contributed by atoms with Gasteiger partial charge < -0.3 is 14.6 Å². The largest absolute Gasteiger partial charge is 0.511 e. The number of Topliss-reactive ketones (excluding diaryl/α,β-unsaturated/α-hetero) is 1. The third-order valence-electron chi connectivity index (χ3n) is 6.18. The minimum absolute atomic E-state index is 0.00745. The van der Waals surface area contributed by atoms with Crippen LogP contribution in [0.1, 0.15) is 30.9 Å². The topological polar surface area (TPSA) is 55.8 Å². The summed E-state index contributed by atoms with van der Waals surface area (Å²) in [5.41, 5.74) is 2.24. The number of ketones is 1. The first-order chi connectivity index (χ1) is 13.6. The summed E-state index contributed by atoms with van der Waals surface area (Å²) in [6.45, 7) is 2.04. The van der Waals surface area contributed by atoms with E-state index in [4.69, 9.17) is 21.1 Å². The van der Waals surface area contributed by atoms with Crippen molar-refractivity contribution in [1.29, 1.82) is 0 Å². The van der Waals surface area contributed by atoms with Crippen molar-refractivity contribution < 1.29 is 19.4 Å². The van der Waals surface area contributed by atoms with Gasteiger partial charge in [0.25, 0.3) is 0 Å². The molecule has 144 valence electrons. The Labute approximate surface area is 168 Å². The van der Waals surface area contributed by atoms with Gasteiger partial charge in [-0.3, -0.25) is 4.79 Å². The molecule has 2 aliphatic heterocycles. The second-order valence-electron chi connectivity index (χ2n) is 7.69. The van der Waals surface area contributed by atoms with Crippen LogP contribution in [0.4, 0.5) is 0 Å². The molecule has 3 aliphatic rings. The smallest absolute Gasteiger partial charge is 0.173 e. The second kappa shape index (κ2) is 6.64. The summed E-state index contributed by atoms with van der Waals surface area (Å²) in [4.78, 5) is 13.2. The van der Waals surface area contributed by atoms with Crippen LogP contribution in [0.3, 0.4) is 0 Å². The van der Waals surface area contributed by atoms with Crippen LogP contribution in [-0.2, 0) is 16.0 Å². The van der Waals surface area contributed by atoms with Crippen LogP contribution in [0.5, 0.6) is 11.5 Å². The lowest BCUT2D eigenvalue weighted by molar-refractivity contribution is -0.118. The second-order valence-corrected chi connectivity index (χ2v) is 8.13. The van der Waals surface area contributed by atoms with E-state index in [2.05, 4.69) is 0 Å². The Bertz CT molecular complexity index is 979. The number of aliphatic hydroxyl groups excluding tert-OH is 1. The lowest BCUT2D eigenvalue weighted by Crippen LogP contribution is -2.29. The average Bonchev–Trinajstić information content (AvgIpc) is 3.37. The average molecular weight is 397 g/mol. The van der Waals surface area contributed by atoms with Crippen LogP contribution in [0.2, 0.25) is 5.02 Å². The predicted molar refractivity (Wildman–Crippen MR) is 107 cm³/mol. The van der Waals surface area contributed by atoms with Crippen LogP contribution in [0, 0.1) is 11.8 Å². The van der Waals surface area contributed by atoms with Crippen molar-refractivity contribution in [3.05, 3.63) is 64.4 Å². The van der Waals surface area contributed by atoms with E-state index in [0.29, 0.717) is 22.1 Å². The molecule has 2 fully saturated rings. The first-order valence-corrected chi connectivity index (χ1v) is 10.1. The van der Waals surface area contributed by atoms with E-state index < -0.39 is 0 Å². The van der Waals surface area contributed by atoms with E-state index in [1.807, 2.05) is 25.1 Å². The van der Waals surface area contributed by atoms with Gasteiger partial charge in [0.1, 0.15) is 17.3 Å². The monoisotopic (exact) mass is 396 g/mol. The molecule has 0 spiro atoms. The van der Waals surface area contributed by atoms with Gasteiger partial charge in [-0.1, -0.05) is 24.6 Å². The van der Waals surface area contributed by atoms with Crippen molar-refractivity contribution in [3.63, 3.8) is 0 Å². The number of carbonyl (C=O) groups excluding carboxylic acids is 1. The number of rotatable bonds is 4. The normalized spacial score (nSPS) is 28.1. The Balaban J connectivity index is 1.53. The highest BCUT2D eigenvalue weighted by molar-refractivity contribution is 6.30. The number of hydrogen-bond acceptors (Lipinski definition) is 4. The van der Waals surface area contributed by atoms with Gasteiger partial charge in [-0.15, -0.1) is 0 Å². The quantitative estimate of drug-likeness (QED) is 0.757. The number of allylic oxidation sites excluding steroid dienone is 1. The number of hydrogen-bond donors (Lipinski definition) is 1. The molecule has 4 unspecified atom stereocenters. The van der Waals surface area contributed by atoms with E-state index in [9.17, 15) is 9.90 Å². The number of halogens is 1. The van der Waals surface area contributed by atoms with E-state index in [1.54, 1.807) is 24.3 Å². The van der Waals surface area contributed by atoms with E-state index in [0.717, 1.165) is 30.4 Å². The van der Waals surface area contributed by atoms with Crippen molar-refractivity contribution in [2.24, 2.45) is 11.8 Å². The van der Waals surface area contributed by atoms with E-state index in [-0.39, 0.29) is 35.6 Å². The maximum atomic E-state index is 13.2. The van der Waals surface area contributed by atoms with Crippen LogP contribution in [-0.4, -0.2) is 23.1 Å². The van der Waals surface area contributed by atoms with Gasteiger partial charge in [0.05, 0.1) is 29.6 Å². The van der Waals surface area contributed by atoms with Gasteiger partial charge in [-0.2, -0.15) is 0 Å². The van der Waals surface area contributed by atoms with E-state index >= 15 is 0 Å². The van der Waals surface area contributed by atoms with Crippen molar-refractivity contribution in [3.8, 4) is 11.5 Å². The van der Waals surface area contributed by atoms with Gasteiger partial charge >= 0.3 is 0 Å². The summed E-state index contributed by atoms with van der Waals surface area (Å²) < 4.78 is 11.8. The van der Waals surface area contributed by atoms with Gasteiger partial charge in [0.15, 0.2) is 5.78 Å². The molecule has 2 bridgehead atoms. The van der Waals surface area contributed by atoms with Gasteiger partial charge in [-0.05, 0) is 66.8 Å². The van der Waals surface area contributed by atoms with Crippen LogP contribution in [0.25, 0.3) is 5.57 Å². The standard InChI is InChI=1S/C23H21ClO4/c1-2-12-3-6-15(27-14-7-4-13(24)5-8-14)11-16(12)19-22(25)20-17-9-10-18(28-17)21(20)23(19)26/h3-8,11,17-18,20-21,25H,2,9-10H2,1H3. The number of fused-ring (bicyclic) bond motifs is 5. The molecule has 5 heteroatoms. The fourth-order valence-corrected chi connectivity index (χ4v) is 5.01. The van der Waals surface area contributed by atoms with Crippen molar-refractivity contribution in [2.45, 2.75) is 38.4 Å². The molecule has 28 heavy (non-hydrogen) atoms. The zero-order valence-corrected chi connectivity index (χ0v) is 16.3. The molecule has 2 saturated heterocycles. The Hall–Kier alpha value is -2.30. The van der Waals surface area contributed by atoms with Crippen molar-refractivity contribution in [2.75, 3.05) is 0 Å². The number of aliphatic hydroxyl groups is 1. The molecule has 0 radical (unpaired) electrons. The van der Waals surface area contributed by atoms with Crippen LogP contribution >= 0.6 is 11.6 Å². The third-order valence-corrected chi connectivity index (χ3v) is 6.43. The Morgan fingerprint density at radius 2 is 1.75 bits per heavy atom. The fourth-order valence-electron chi connectivity index (χ4n) is 4.89. The Morgan fingerprint density at radius 3 is 2.43 bits per heavy atom. The molecule has 1 aliphatic carbocycles. The summed E-state index contributed by atoms with van der Waals surface area (Å²) in [6, 6.07) is 12.9. The molecule has 5 rings (SSSR count). The van der Waals surface area contributed by atoms with Crippen LogP contribution in [0.15, 0.2) is 48.2 Å². The van der Waals surface area contributed by atoms with Gasteiger partial charge in [-0.25, -0.2) is 0 Å². The zero-order valence-electron chi connectivity index (χ0n) is 15.5. The zero-order chi connectivity index (χ0) is 19.4. The molecule has 2 aromatic carbocycles. The Kier molecular flexibility index (Phi) is 4.22. The minimum atomic E-state index is -0.237. The summed E-state index contributed by atoms with van der Waals surface area (Å²) in [6.07, 6.45) is 2.49. The minimum Gasteiger partial charge on any atom is -0.511 e. The molecule has 4 atom stereocenters. The Morgan fingerprint density at radius 1 is 1.07 bits per heavy atom. The number of carbonyl (C=O) groups is 1. The van der Waals surface area contributed by atoms with Crippen molar-refractivity contribution >= 4 is 23.0 Å². The fraction of sp³-hybridized carbons (Fsp3) is 0.348. The summed E-state index contributed by atoms with van der Waals surface area (Å²) in [5.74, 6) is 1.07. The predicted octanol–water partition coefficient (Wildman–Crippen LogP) is 5.34. The third kappa shape index (κ3) is 2.66. The molecule has 2 aromatic rings. The summed E-state index contributed by atoms with van der Waals surface area (Å²) >= 11 is 5.94. The first-order valence-electron chi connectivity index (χ1n) is 9.76. The highest BCUT2D eigenvalue weighted by Gasteiger charge is 2.59. The molecular formula is C23H21ClO4. The number of aryl methyl sites for hydroxylation is 1. The summed E-state index contributed by atoms with van der Waals surface area (Å²) in [7, 11) is 0. The van der Waals surface area contributed by atoms with Gasteiger partial charge in [0, 0.05) is 5.02 Å². The highest BCUT2D eigenvalue weighted by atomic mass is 35.5. The molecule has 0 saturated carbocycles. The summed E-state index contributed by atoms with van der Waals surface area (Å²) in [5, 5.41) is 11.6. The lowest BCUT2D eigenvalue weighted by atomic mass is 9.80. The lowest BCUT2D eigenvalue weighted by Gasteiger charge is -2.19. The molecule has 0 aromatic heterocycles. The SMILES string of the molecule is CCc1ccc(Oc2ccc(Cl)cc2)cc1C1=C(O)C2C3CCC(O3)C2C1=O. The molecule has 4 nitrogen and oxygen atoms in total. The molecule has 2 heterocycles.